The van der Waals surface area contributed by atoms with Gasteiger partial charge in [-0.3, -0.25) is 4.90 Å². The van der Waals surface area contributed by atoms with Crippen molar-refractivity contribution in [3.05, 3.63) is 22.4 Å². The molecule has 1 aromatic rings. The summed E-state index contributed by atoms with van der Waals surface area (Å²) in [6, 6.07) is 3.00. The van der Waals surface area contributed by atoms with Crippen LogP contribution in [0.5, 0.6) is 0 Å². The summed E-state index contributed by atoms with van der Waals surface area (Å²) in [7, 11) is 0. The highest BCUT2D eigenvalue weighted by molar-refractivity contribution is 7.10. The number of urea groups is 1. The van der Waals surface area contributed by atoms with Gasteiger partial charge in [0.1, 0.15) is 6.54 Å². The predicted molar refractivity (Wildman–Crippen MR) is 76.9 cm³/mol. The molecular formula is C13H18F3N3O2S. The molecule has 1 aliphatic rings. The van der Waals surface area contributed by atoms with Crippen LogP contribution >= 0.6 is 11.3 Å². The van der Waals surface area contributed by atoms with Crippen LogP contribution in [-0.4, -0.2) is 56.5 Å². The van der Waals surface area contributed by atoms with Crippen LogP contribution in [0.2, 0.25) is 0 Å². The second-order valence-corrected chi connectivity index (χ2v) is 5.84. The van der Waals surface area contributed by atoms with Crippen LogP contribution in [0.1, 0.15) is 10.9 Å². The van der Waals surface area contributed by atoms with Crippen molar-refractivity contribution in [1.82, 2.24) is 15.5 Å². The first kappa shape index (κ1) is 17.0. The fourth-order valence-corrected chi connectivity index (χ4v) is 3.07. The van der Waals surface area contributed by atoms with Gasteiger partial charge in [-0.2, -0.15) is 13.2 Å². The van der Waals surface area contributed by atoms with Gasteiger partial charge in [0.2, 0.25) is 0 Å². The van der Waals surface area contributed by atoms with E-state index in [1.807, 2.05) is 22.8 Å². The number of rotatable bonds is 5. The topological polar surface area (TPSA) is 53.6 Å². The van der Waals surface area contributed by atoms with Crippen LogP contribution in [0.4, 0.5) is 18.0 Å². The molecule has 1 aromatic heterocycles. The lowest BCUT2D eigenvalue weighted by Gasteiger charge is -2.34. The first-order chi connectivity index (χ1) is 10.5. The third kappa shape index (κ3) is 5.47. The lowest BCUT2D eigenvalue weighted by Crippen LogP contribution is -2.46. The van der Waals surface area contributed by atoms with Crippen LogP contribution < -0.4 is 10.6 Å². The largest absolute Gasteiger partial charge is 0.405 e. The van der Waals surface area contributed by atoms with Gasteiger partial charge in [0.25, 0.3) is 0 Å². The fraction of sp³-hybridized carbons (Fsp3) is 0.615. The number of morpholine rings is 1. The van der Waals surface area contributed by atoms with E-state index in [4.69, 9.17) is 4.74 Å². The van der Waals surface area contributed by atoms with E-state index in [9.17, 15) is 18.0 Å². The summed E-state index contributed by atoms with van der Waals surface area (Å²) in [5, 5.41) is 6.26. The molecule has 2 N–H and O–H groups in total. The third-order valence-corrected chi connectivity index (χ3v) is 4.24. The molecule has 0 aromatic carbocycles. The van der Waals surface area contributed by atoms with E-state index < -0.39 is 18.8 Å². The van der Waals surface area contributed by atoms with Gasteiger partial charge in [-0.05, 0) is 11.4 Å². The molecule has 0 spiro atoms. The number of amides is 2. The number of ether oxygens (including phenoxy) is 1. The van der Waals surface area contributed by atoms with Gasteiger partial charge in [-0.15, -0.1) is 11.3 Å². The van der Waals surface area contributed by atoms with E-state index in [1.165, 1.54) is 0 Å². The summed E-state index contributed by atoms with van der Waals surface area (Å²) >= 11 is 1.56. The maximum absolute atomic E-state index is 12.1. The zero-order chi connectivity index (χ0) is 16.0. The zero-order valence-corrected chi connectivity index (χ0v) is 12.7. The molecule has 1 aliphatic heterocycles. The molecule has 0 bridgehead atoms. The SMILES string of the molecule is O=C(NC[C@H](c1cccs1)N1CCOCC1)NCC(F)(F)F. The molecule has 0 saturated carbocycles. The normalized spacial score (nSPS) is 18.0. The fourth-order valence-electron chi connectivity index (χ4n) is 2.21. The van der Waals surface area contributed by atoms with Crippen molar-refractivity contribution in [2.24, 2.45) is 0 Å². The van der Waals surface area contributed by atoms with Gasteiger partial charge in [-0.1, -0.05) is 6.07 Å². The first-order valence-corrected chi connectivity index (χ1v) is 7.77. The quantitative estimate of drug-likeness (QED) is 0.864. The van der Waals surface area contributed by atoms with Crippen molar-refractivity contribution >= 4 is 17.4 Å². The molecular weight excluding hydrogens is 319 g/mol. The first-order valence-electron chi connectivity index (χ1n) is 6.89. The Hall–Kier alpha value is -1.32. The Bertz CT molecular complexity index is 462. The molecule has 124 valence electrons. The Morgan fingerprint density at radius 2 is 2.09 bits per heavy atom. The summed E-state index contributed by atoms with van der Waals surface area (Å²) in [5.41, 5.74) is 0. The standard InChI is InChI=1S/C13H18F3N3O2S/c14-13(15,16)9-18-12(20)17-8-10(11-2-1-7-22-11)19-3-5-21-6-4-19/h1-2,7,10H,3-6,8-9H2,(H2,17,18,20)/t10-/m1/s1. The Morgan fingerprint density at radius 1 is 1.36 bits per heavy atom. The Balaban J connectivity index is 1.88. The van der Waals surface area contributed by atoms with Crippen molar-refractivity contribution in [2.75, 3.05) is 39.4 Å². The van der Waals surface area contributed by atoms with Crippen LogP contribution in [0.3, 0.4) is 0 Å². The highest BCUT2D eigenvalue weighted by Gasteiger charge is 2.28. The average Bonchev–Trinajstić information content (AvgIpc) is 3.00. The van der Waals surface area contributed by atoms with E-state index >= 15 is 0 Å². The maximum atomic E-state index is 12.1. The molecule has 2 rings (SSSR count). The third-order valence-electron chi connectivity index (χ3n) is 3.26. The van der Waals surface area contributed by atoms with Crippen LogP contribution in [0.15, 0.2) is 17.5 Å². The van der Waals surface area contributed by atoms with Gasteiger partial charge in [0.15, 0.2) is 0 Å². The Morgan fingerprint density at radius 3 is 2.68 bits per heavy atom. The molecule has 0 aliphatic carbocycles. The van der Waals surface area contributed by atoms with E-state index in [-0.39, 0.29) is 12.6 Å². The van der Waals surface area contributed by atoms with Crippen LogP contribution in [0.25, 0.3) is 0 Å². The van der Waals surface area contributed by atoms with Gasteiger partial charge in [-0.25, -0.2) is 4.79 Å². The number of carbonyl (C=O) groups excluding carboxylic acids is 1. The van der Waals surface area contributed by atoms with E-state index in [0.29, 0.717) is 13.2 Å². The minimum atomic E-state index is -4.41. The number of alkyl halides is 3. The summed E-state index contributed by atoms with van der Waals surface area (Å²) in [6.07, 6.45) is -4.41. The lowest BCUT2D eigenvalue weighted by molar-refractivity contribution is -0.122. The van der Waals surface area contributed by atoms with Crippen LogP contribution in [0, 0.1) is 0 Å². The predicted octanol–water partition coefficient (Wildman–Crippen LogP) is 1.98. The van der Waals surface area contributed by atoms with Crippen LogP contribution in [-0.2, 0) is 4.74 Å². The van der Waals surface area contributed by atoms with Crippen molar-refractivity contribution in [3.8, 4) is 0 Å². The number of hydrogen-bond acceptors (Lipinski definition) is 4. The highest BCUT2D eigenvalue weighted by atomic mass is 32.1. The Kier molecular flexibility index (Phi) is 6.04. The molecule has 2 amide bonds. The summed E-state index contributed by atoms with van der Waals surface area (Å²) < 4.78 is 41.5. The highest BCUT2D eigenvalue weighted by Crippen LogP contribution is 2.25. The molecule has 2 heterocycles. The van der Waals surface area contributed by atoms with Gasteiger partial charge >= 0.3 is 12.2 Å². The second kappa shape index (κ2) is 7.80. The molecule has 1 saturated heterocycles. The summed E-state index contributed by atoms with van der Waals surface area (Å²) in [6.45, 7) is 1.61. The van der Waals surface area contributed by atoms with E-state index in [1.54, 1.807) is 11.3 Å². The molecule has 22 heavy (non-hydrogen) atoms. The number of nitrogens with one attached hydrogen (secondary N) is 2. The van der Waals surface area contributed by atoms with Crippen molar-refractivity contribution < 1.29 is 22.7 Å². The van der Waals surface area contributed by atoms with E-state index in [2.05, 4.69) is 10.2 Å². The van der Waals surface area contributed by atoms with Crippen molar-refractivity contribution in [2.45, 2.75) is 12.2 Å². The number of carbonyl (C=O) groups is 1. The smallest absolute Gasteiger partial charge is 0.379 e. The second-order valence-electron chi connectivity index (χ2n) is 4.86. The number of hydrogen-bond donors (Lipinski definition) is 2. The van der Waals surface area contributed by atoms with Crippen molar-refractivity contribution in [1.29, 1.82) is 0 Å². The average molecular weight is 337 g/mol. The number of halogens is 3. The minimum Gasteiger partial charge on any atom is -0.379 e. The molecule has 0 radical (unpaired) electrons. The molecule has 0 unspecified atom stereocenters. The zero-order valence-electron chi connectivity index (χ0n) is 11.9. The maximum Gasteiger partial charge on any atom is 0.405 e. The van der Waals surface area contributed by atoms with Gasteiger partial charge in [0.05, 0.1) is 19.3 Å². The van der Waals surface area contributed by atoms with Gasteiger partial charge in [0, 0.05) is 24.5 Å². The van der Waals surface area contributed by atoms with Gasteiger partial charge < -0.3 is 15.4 Å². The summed E-state index contributed by atoms with van der Waals surface area (Å²) in [4.78, 5) is 14.7. The van der Waals surface area contributed by atoms with Crippen molar-refractivity contribution in [3.63, 3.8) is 0 Å². The summed E-state index contributed by atoms with van der Waals surface area (Å²) in [5.74, 6) is 0. The number of thiophene rings is 1. The monoisotopic (exact) mass is 337 g/mol. The molecule has 1 atom stereocenters. The number of nitrogens with zero attached hydrogens (tertiary/aromatic N) is 1. The molecule has 9 heteroatoms. The van der Waals surface area contributed by atoms with E-state index in [0.717, 1.165) is 18.0 Å². The Labute approximate surface area is 130 Å². The minimum absolute atomic E-state index is 0.0551. The lowest BCUT2D eigenvalue weighted by atomic mass is 10.2. The molecule has 5 nitrogen and oxygen atoms in total. The molecule has 1 fully saturated rings.